The van der Waals surface area contributed by atoms with Crippen LogP contribution in [0.25, 0.3) is 0 Å². The Morgan fingerprint density at radius 2 is 0.857 bits per heavy atom. The van der Waals surface area contributed by atoms with E-state index in [4.69, 9.17) is 30.0 Å². The fourth-order valence-corrected chi connectivity index (χ4v) is 4.28. The largest absolute Gasteiger partial charge is 0.490 e. The molecule has 25 heteroatoms. The second kappa shape index (κ2) is 19.9. The van der Waals surface area contributed by atoms with Gasteiger partial charge in [0, 0.05) is 44.6 Å². The highest BCUT2D eigenvalue weighted by Crippen LogP contribution is 2.26. The summed E-state index contributed by atoms with van der Waals surface area (Å²) in [6.45, 7) is -0.545. The van der Waals surface area contributed by atoms with Crippen LogP contribution in [0.4, 0.5) is 26.3 Å². The molecule has 1 rings (SSSR count). The number of halogens is 6. The van der Waals surface area contributed by atoms with E-state index in [1.807, 2.05) is 0 Å². The Hall–Kier alpha value is -4.78. The van der Waals surface area contributed by atoms with Gasteiger partial charge in [0.05, 0.1) is 13.1 Å². The normalized spacial score (nSPS) is 18.3. The molecule has 1 heterocycles. The van der Waals surface area contributed by atoms with Gasteiger partial charge in [0.1, 0.15) is 12.1 Å². The Kier molecular flexibility index (Phi) is 18.8. The maximum atomic E-state index is 12.0. The minimum Gasteiger partial charge on any atom is -0.481 e. The molecular formula is C24H33F6N3O16. The molecule has 0 saturated carbocycles. The van der Waals surface area contributed by atoms with Crippen LogP contribution in [0.2, 0.25) is 0 Å². The van der Waals surface area contributed by atoms with Gasteiger partial charge in [-0.3, -0.25) is 43.5 Å². The first-order valence-corrected chi connectivity index (χ1v) is 13.2. The van der Waals surface area contributed by atoms with Gasteiger partial charge in [-0.1, -0.05) is 0 Å². The van der Waals surface area contributed by atoms with E-state index in [0.29, 0.717) is 0 Å². The molecule has 0 aromatic heterocycles. The van der Waals surface area contributed by atoms with Gasteiger partial charge in [-0.25, -0.2) is 9.59 Å². The van der Waals surface area contributed by atoms with Gasteiger partial charge in [-0.15, -0.1) is 0 Å². The zero-order valence-corrected chi connectivity index (χ0v) is 25.2. The lowest BCUT2D eigenvalue weighted by atomic mass is 9.95. The van der Waals surface area contributed by atoms with Crippen LogP contribution < -0.4 is 0 Å². The Bertz CT molecular complexity index is 1130. The van der Waals surface area contributed by atoms with E-state index in [1.54, 1.807) is 0 Å². The first-order valence-electron chi connectivity index (χ1n) is 13.2. The van der Waals surface area contributed by atoms with Crippen LogP contribution in [0, 0.1) is 0 Å². The molecule has 19 nitrogen and oxygen atoms in total. The summed E-state index contributed by atoms with van der Waals surface area (Å²) >= 11 is 0. The summed E-state index contributed by atoms with van der Waals surface area (Å²) in [5.41, 5.74) is -1.40. The van der Waals surface area contributed by atoms with E-state index in [2.05, 4.69) is 0 Å². The van der Waals surface area contributed by atoms with Gasteiger partial charge in [0.25, 0.3) is 0 Å². The third kappa shape index (κ3) is 19.0. The van der Waals surface area contributed by atoms with Crippen LogP contribution in [0.15, 0.2) is 0 Å². The van der Waals surface area contributed by atoms with Crippen LogP contribution in [-0.2, 0) is 38.4 Å². The minimum atomic E-state index is -5.08. The second-order valence-electron chi connectivity index (χ2n) is 10.3. The first-order chi connectivity index (χ1) is 22.0. The molecule has 0 radical (unpaired) electrons. The number of rotatable bonds is 15. The average Bonchev–Trinajstić information content (AvgIpc) is 3.06. The number of carboxylic acids is 8. The molecule has 8 N–H and O–H groups in total. The molecule has 3 atom stereocenters. The molecule has 1 aliphatic heterocycles. The summed E-state index contributed by atoms with van der Waals surface area (Å²) in [5, 5.41) is 70.4. The maximum absolute atomic E-state index is 12.0. The molecule has 282 valence electrons. The molecule has 1 unspecified atom stereocenters. The standard InChI is InChI=1S/C20H31N3O12.2C2HF3O2/c1-20(23(8-16(28)29)9-17(30)31)10-21(12(18(32)33)2-4-14(24)25)6-7-22(11-20)13(19(34)35)3-5-15(26)27;2*3-2(4,5)1(6)7/h12-13H,2-11H2,1H3,(H,24,25)(H,26,27)(H,28,29)(H,30,31)(H,32,33)(H,34,35);2*(H,6,7)/t12-,13+,20?;;. The molecule has 1 saturated heterocycles. The SMILES string of the molecule is CC1(N(CC(=O)O)CC(=O)O)CN([C@H](CCC(=O)O)C(=O)O)CCN([C@@H](CCC(=O)O)C(=O)O)C1.O=C(O)C(F)(F)F.O=C(O)C(F)(F)F. The van der Waals surface area contributed by atoms with E-state index < -0.39 is 104 Å². The summed E-state index contributed by atoms with van der Waals surface area (Å²) in [6, 6.07) is -2.63. The van der Waals surface area contributed by atoms with Crippen LogP contribution in [0.5, 0.6) is 0 Å². The van der Waals surface area contributed by atoms with E-state index in [0.717, 1.165) is 4.90 Å². The van der Waals surface area contributed by atoms with Gasteiger partial charge < -0.3 is 40.9 Å². The lowest BCUT2D eigenvalue weighted by Crippen LogP contribution is -2.62. The summed E-state index contributed by atoms with van der Waals surface area (Å²) in [7, 11) is 0. The molecular weight excluding hydrogens is 700 g/mol. The number of alkyl halides is 6. The molecule has 0 aromatic carbocycles. The zero-order chi connectivity index (χ0) is 39.1. The predicted octanol–water partition coefficient (Wildman–Crippen LogP) is -0.263. The number of hydrogen-bond donors (Lipinski definition) is 8. The van der Waals surface area contributed by atoms with Crippen molar-refractivity contribution >= 4 is 47.8 Å². The van der Waals surface area contributed by atoms with Gasteiger partial charge in [0.15, 0.2) is 0 Å². The van der Waals surface area contributed by atoms with Crippen LogP contribution >= 0.6 is 0 Å². The van der Waals surface area contributed by atoms with Gasteiger partial charge in [0.2, 0.25) is 0 Å². The van der Waals surface area contributed by atoms with Gasteiger partial charge >= 0.3 is 60.1 Å². The van der Waals surface area contributed by atoms with Crippen molar-refractivity contribution < 1.29 is 106 Å². The first kappa shape index (κ1) is 46.3. The van der Waals surface area contributed by atoms with Gasteiger partial charge in [-0.05, 0) is 19.8 Å². The highest BCUT2D eigenvalue weighted by molar-refractivity contribution is 5.76. The van der Waals surface area contributed by atoms with Crippen molar-refractivity contribution in [3.05, 3.63) is 0 Å². The van der Waals surface area contributed by atoms with Gasteiger partial charge in [-0.2, -0.15) is 26.3 Å². The average molecular weight is 734 g/mol. The molecule has 0 spiro atoms. The van der Waals surface area contributed by atoms with Crippen molar-refractivity contribution in [1.82, 2.24) is 14.7 Å². The van der Waals surface area contributed by atoms with E-state index >= 15 is 0 Å². The molecule has 0 bridgehead atoms. The van der Waals surface area contributed by atoms with Crippen LogP contribution in [-0.4, -0.2) is 173 Å². The Morgan fingerprint density at radius 3 is 1.04 bits per heavy atom. The fraction of sp³-hybridized carbons (Fsp3) is 0.667. The van der Waals surface area contributed by atoms with E-state index in [1.165, 1.54) is 16.7 Å². The van der Waals surface area contributed by atoms with Crippen molar-refractivity contribution in [2.45, 2.75) is 62.6 Å². The molecule has 0 aliphatic carbocycles. The lowest BCUT2D eigenvalue weighted by Gasteiger charge is -2.44. The number of nitrogens with zero attached hydrogens (tertiary/aromatic N) is 3. The number of carbonyl (C=O) groups is 8. The highest BCUT2D eigenvalue weighted by atomic mass is 19.4. The zero-order valence-electron chi connectivity index (χ0n) is 25.2. The van der Waals surface area contributed by atoms with E-state index in [-0.39, 0.29) is 39.0 Å². The summed E-state index contributed by atoms with van der Waals surface area (Å²) in [4.78, 5) is 90.5. The third-order valence-corrected chi connectivity index (χ3v) is 6.38. The maximum Gasteiger partial charge on any atom is 0.490 e. The topological polar surface area (TPSA) is 308 Å². The summed E-state index contributed by atoms with van der Waals surface area (Å²) in [6.07, 6.45) is -11.7. The van der Waals surface area contributed by atoms with Crippen LogP contribution in [0.3, 0.4) is 0 Å². The quantitative estimate of drug-likeness (QED) is 0.100. The van der Waals surface area contributed by atoms with Crippen LogP contribution in [0.1, 0.15) is 32.6 Å². The smallest absolute Gasteiger partial charge is 0.481 e. The molecule has 0 aromatic rings. The molecule has 1 aliphatic rings. The highest BCUT2D eigenvalue weighted by Gasteiger charge is 2.45. The molecule has 1 fully saturated rings. The number of aliphatic carboxylic acids is 8. The molecule has 0 amide bonds. The third-order valence-electron chi connectivity index (χ3n) is 6.38. The van der Waals surface area contributed by atoms with Crippen molar-refractivity contribution in [2.24, 2.45) is 0 Å². The Labute approximate surface area is 270 Å². The van der Waals surface area contributed by atoms with E-state index in [9.17, 15) is 75.5 Å². The predicted molar refractivity (Wildman–Crippen MR) is 142 cm³/mol. The van der Waals surface area contributed by atoms with Crippen molar-refractivity contribution in [1.29, 1.82) is 0 Å². The fourth-order valence-electron chi connectivity index (χ4n) is 4.28. The monoisotopic (exact) mass is 733 g/mol. The van der Waals surface area contributed by atoms with Crippen molar-refractivity contribution in [2.75, 3.05) is 39.3 Å². The summed E-state index contributed by atoms with van der Waals surface area (Å²) in [5.74, 6) is -13.4. The Morgan fingerprint density at radius 1 is 0.592 bits per heavy atom. The van der Waals surface area contributed by atoms with Crippen molar-refractivity contribution in [3.8, 4) is 0 Å². The summed E-state index contributed by atoms with van der Waals surface area (Å²) < 4.78 is 63.5. The number of hydrogen-bond acceptors (Lipinski definition) is 11. The number of carboxylic acid groups (broad SMARTS) is 8. The Balaban J connectivity index is 0. The molecule has 49 heavy (non-hydrogen) atoms. The lowest BCUT2D eigenvalue weighted by molar-refractivity contribution is -0.193. The van der Waals surface area contributed by atoms with Crippen molar-refractivity contribution in [3.63, 3.8) is 0 Å². The second-order valence-corrected chi connectivity index (χ2v) is 10.3. The minimum absolute atomic E-state index is 0.0585.